The number of nitrogens with zero attached hydrogens (tertiary/aromatic N) is 2. The number of aryl methyl sites for hydroxylation is 1. The third-order valence-corrected chi connectivity index (χ3v) is 3.15. The van der Waals surface area contributed by atoms with Crippen molar-refractivity contribution in [2.24, 2.45) is 5.73 Å². The highest BCUT2D eigenvalue weighted by molar-refractivity contribution is 5.75. The molecule has 1 aromatic heterocycles. The Kier molecular flexibility index (Phi) is 4.53. The molecule has 2 N–H and O–H groups in total. The summed E-state index contributed by atoms with van der Waals surface area (Å²) < 4.78 is 2.25. The molecule has 0 spiro atoms. The lowest BCUT2D eigenvalue weighted by Gasteiger charge is -2.06. The van der Waals surface area contributed by atoms with Crippen LogP contribution in [0.2, 0.25) is 0 Å². The Morgan fingerprint density at radius 2 is 2.06 bits per heavy atom. The van der Waals surface area contributed by atoms with E-state index in [1.165, 1.54) is 11.9 Å². The molecule has 0 saturated heterocycles. The number of rotatable bonds is 7. The second-order valence-corrected chi connectivity index (χ2v) is 4.52. The number of aromatic nitrogens is 2. The maximum absolute atomic E-state index is 5.51. The predicted molar refractivity (Wildman–Crippen MR) is 76.5 cm³/mol. The highest BCUT2D eigenvalue weighted by Gasteiger charge is 2.08. The lowest BCUT2D eigenvalue weighted by Crippen LogP contribution is -2.03. The van der Waals surface area contributed by atoms with Crippen LogP contribution in [-0.4, -0.2) is 16.1 Å². The second-order valence-electron chi connectivity index (χ2n) is 4.52. The van der Waals surface area contributed by atoms with Gasteiger partial charge in [0.25, 0.3) is 0 Å². The fourth-order valence-electron chi connectivity index (χ4n) is 2.25. The molecular formula is C15H21N3. The minimum absolute atomic E-state index is 0.781. The van der Waals surface area contributed by atoms with E-state index in [9.17, 15) is 0 Å². The molecule has 0 unspecified atom stereocenters. The third-order valence-electron chi connectivity index (χ3n) is 3.15. The minimum Gasteiger partial charge on any atom is -0.330 e. The van der Waals surface area contributed by atoms with Gasteiger partial charge in [0.2, 0.25) is 0 Å². The molecule has 96 valence electrons. The molecule has 0 aliphatic heterocycles. The van der Waals surface area contributed by atoms with Gasteiger partial charge >= 0.3 is 0 Å². The van der Waals surface area contributed by atoms with Gasteiger partial charge < -0.3 is 10.3 Å². The zero-order chi connectivity index (χ0) is 12.8. The summed E-state index contributed by atoms with van der Waals surface area (Å²) in [6, 6.07) is 8.28. The SMILES string of the molecule is C=CCn1c(CCCCCN)nc2ccccc21. The zero-order valence-corrected chi connectivity index (χ0v) is 10.8. The summed E-state index contributed by atoms with van der Waals surface area (Å²) in [5.74, 6) is 1.16. The van der Waals surface area contributed by atoms with E-state index in [-0.39, 0.29) is 0 Å². The Morgan fingerprint density at radius 1 is 1.22 bits per heavy atom. The molecule has 0 atom stereocenters. The second kappa shape index (κ2) is 6.36. The van der Waals surface area contributed by atoms with Gasteiger partial charge in [0.15, 0.2) is 0 Å². The van der Waals surface area contributed by atoms with E-state index in [2.05, 4.69) is 29.3 Å². The highest BCUT2D eigenvalue weighted by Crippen LogP contribution is 2.17. The number of para-hydroxylation sites is 2. The Labute approximate surface area is 108 Å². The monoisotopic (exact) mass is 243 g/mol. The molecule has 1 heterocycles. The van der Waals surface area contributed by atoms with Gasteiger partial charge in [0.1, 0.15) is 5.82 Å². The summed E-state index contributed by atoms with van der Waals surface area (Å²) in [4.78, 5) is 4.71. The molecular weight excluding hydrogens is 222 g/mol. The molecule has 0 bridgehead atoms. The summed E-state index contributed by atoms with van der Waals surface area (Å²) in [7, 11) is 0. The lowest BCUT2D eigenvalue weighted by atomic mass is 10.2. The molecule has 0 fully saturated rings. The predicted octanol–water partition coefficient (Wildman–Crippen LogP) is 2.89. The fraction of sp³-hybridized carbons (Fsp3) is 0.400. The van der Waals surface area contributed by atoms with Crippen molar-refractivity contribution in [2.75, 3.05) is 6.54 Å². The average molecular weight is 243 g/mol. The van der Waals surface area contributed by atoms with E-state index >= 15 is 0 Å². The van der Waals surface area contributed by atoms with E-state index < -0.39 is 0 Å². The highest BCUT2D eigenvalue weighted by atomic mass is 15.1. The smallest absolute Gasteiger partial charge is 0.110 e. The van der Waals surface area contributed by atoms with Crippen LogP contribution in [0, 0.1) is 0 Å². The molecule has 0 radical (unpaired) electrons. The summed E-state index contributed by atoms with van der Waals surface area (Å²) in [5.41, 5.74) is 7.79. The molecule has 0 amide bonds. The van der Waals surface area contributed by atoms with Crippen molar-refractivity contribution in [1.82, 2.24) is 9.55 Å². The Hall–Kier alpha value is -1.61. The number of allylic oxidation sites excluding steroid dienone is 1. The Bertz CT molecular complexity index is 513. The Morgan fingerprint density at radius 3 is 2.83 bits per heavy atom. The molecule has 0 saturated carbocycles. The maximum atomic E-state index is 5.51. The van der Waals surface area contributed by atoms with Crippen molar-refractivity contribution in [1.29, 1.82) is 0 Å². The summed E-state index contributed by atoms with van der Waals surface area (Å²) in [6.07, 6.45) is 6.37. The van der Waals surface area contributed by atoms with Crippen molar-refractivity contribution in [3.63, 3.8) is 0 Å². The van der Waals surface area contributed by atoms with Crippen molar-refractivity contribution in [2.45, 2.75) is 32.2 Å². The van der Waals surface area contributed by atoms with Crippen LogP contribution in [0.1, 0.15) is 25.1 Å². The van der Waals surface area contributed by atoms with Crippen LogP contribution in [-0.2, 0) is 13.0 Å². The van der Waals surface area contributed by atoms with Gasteiger partial charge in [-0.05, 0) is 31.5 Å². The minimum atomic E-state index is 0.781. The molecule has 3 nitrogen and oxygen atoms in total. The van der Waals surface area contributed by atoms with Gasteiger partial charge in [-0.15, -0.1) is 6.58 Å². The summed E-state index contributed by atoms with van der Waals surface area (Å²) in [5, 5.41) is 0. The van der Waals surface area contributed by atoms with Gasteiger partial charge in [-0.1, -0.05) is 24.6 Å². The zero-order valence-electron chi connectivity index (χ0n) is 10.8. The molecule has 0 aliphatic rings. The Balaban J connectivity index is 2.19. The number of hydrogen-bond donors (Lipinski definition) is 1. The summed E-state index contributed by atoms with van der Waals surface area (Å²) >= 11 is 0. The third kappa shape index (κ3) is 2.79. The van der Waals surface area contributed by atoms with E-state index in [0.717, 1.165) is 43.7 Å². The number of imidazole rings is 1. The van der Waals surface area contributed by atoms with Gasteiger partial charge in [0.05, 0.1) is 11.0 Å². The first kappa shape index (κ1) is 12.8. The number of fused-ring (bicyclic) bond motifs is 1. The quantitative estimate of drug-likeness (QED) is 0.600. The normalized spacial score (nSPS) is 10.9. The topological polar surface area (TPSA) is 43.8 Å². The van der Waals surface area contributed by atoms with Crippen molar-refractivity contribution in [3.05, 3.63) is 42.7 Å². The maximum Gasteiger partial charge on any atom is 0.110 e. The van der Waals surface area contributed by atoms with Crippen LogP contribution in [0.5, 0.6) is 0 Å². The lowest BCUT2D eigenvalue weighted by molar-refractivity contribution is 0.647. The molecule has 2 aromatic rings. The van der Waals surface area contributed by atoms with Crippen LogP contribution >= 0.6 is 0 Å². The van der Waals surface area contributed by atoms with Crippen molar-refractivity contribution in [3.8, 4) is 0 Å². The first-order valence-electron chi connectivity index (χ1n) is 6.62. The van der Waals surface area contributed by atoms with Gasteiger partial charge in [-0.3, -0.25) is 0 Å². The van der Waals surface area contributed by atoms with Gasteiger partial charge in [-0.25, -0.2) is 4.98 Å². The molecule has 0 aliphatic carbocycles. The van der Waals surface area contributed by atoms with Crippen molar-refractivity contribution < 1.29 is 0 Å². The first-order chi connectivity index (χ1) is 8.86. The van der Waals surface area contributed by atoms with E-state index in [1.54, 1.807) is 0 Å². The number of benzene rings is 1. The van der Waals surface area contributed by atoms with E-state index in [0.29, 0.717) is 0 Å². The van der Waals surface area contributed by atoms with Crippen LogP contribution in [0.3, 0.4) is 0 Å². The molecule has 18 heavy (non-hydrogen) atoms. The van der Waals surface area contributed by atoms with Crippen LogP contribution in [0.25, 0.3) is 11.0 Å². The molecule has 2 rings (SSSR count). The van der Waals surface area contributed by atoms with Crippen LogP contribution < -0.4 is 5.73 Å². The average Bonchev–Trinajstić information content (AvgIpc) is 2.74. The van der Waals surface area contributed by atoms with Gasteiger partial charge in [-0.2, -0.15) is 0 Å². The first-order valence-corrected chi connectivity index (χ1v) is 6.62. The van der Waals surface area contributed by atoms with Gasteiger partial charge in [0, 0.05) is 13.0 Å². The fourth-order valence-corrected chi connectivity index (χ4v) is 2.25. The van der Waals surface area contributed by atoms with Crippen LogP contribution in [0.4, 0.5) is 0 Å². The van der Waals surface area contributed by atoms with E-state index in [1.807, 2.05) is 12.1 Å². The van der Waals surface area contributed by atoms with E-state index in [4.69, 9.17) is 10.7 Å². The summed E-state index contributed by atoms with van der Waals surface area (Å²) in [6.45, 7) is 5.44. The largest absolute Gasteiger partial charge is 0.330 e. The van der Waals surface area contributed by atoms with Crippen molar-refractivity contribution >= 4 is 11.0 Å². The molecule has 1 aromatic carbocycles. The number of unbranched alkanes of at least 4 members (excludes halogenated alkanes) is 2. The van der Waals surface area contributed by atoms with Crippen LogP contribution in [0.15, 0.2) is 36.9 Å². The number of hydrogen-bond acceptors (Lipinski definition) is 2. The molecule has 3 heteroatoms. The standard InChI is InChI=1S/C15H21N3/c1-2-12-18-14-9-6-5-8-13(14)17-15(18)10-4-3-7-11-16/h2,5-6,8-9H,1,3-4,7,10-12,16H2. The number of nitrogens with two attached hydrogens (primary N) is 1.